The summed E-state index contributed by atoms with van der Waals surface area (Å²) in [6.07, 6.45) is 8.11. The molecule has 0 radical (unpaired) electrons. The SMILES string of the molecule is C/C(=N\NC(=O)CCCCCC(=O)N/N=C(\C)C1CC1)C1CC1. The summed E-state index contributed by atoms with van der Waals surface area (Å²) < 4.78 is 0. The van der Waals surface area contributed by atoms with Gasteiger partial charge in [0.15, 0.2) is 0 Å². The van der Waals surface area contributed by atoms with Crippen molar-refractivity contribution in [3.8, 4) is 0 Å². The van der Waals surface area contributed by atoms with E-state index in [2.05, 4.69) is 21.1 Å². The molecule has 2 saturated carbocycles. The highest BCUT2D eigenvalue weighted by Crippen LogP contribution is 2.30. The lowest BCUT2D eigenvalue weighted by Crippen LogP contribution is -2.20. The lowest BCUT2D eigenvalue weighted by Gasteiger charge is -2.03. The van der Waals surface area contributed by atoms with Crippen LogP contribution in [0.2, 0.25) is 0 Å². The summed E-state index contributed by atoms with van der Waals surface area (Å²) in [5, 5.41) is 8.22. The molecule has 0 unspecified atom stereocenters. The van der Waals surface area contributed by atoms with Gasteiger partial charge in [-0.05, 0) is 64.2 Å². The Morgan fingerprint density at radius 2 is 1.17 bits per heavy atom. The summed E-state index contributed by atoms with van der Waals surface area (Å²) in [4.78, 5) is 23.2. The van der Waals surface area contributed by atoms with Crippen LogP contribution < -0.4 is 10.9 Å². The Balaban J connectivity index is 1.46. The van der Waals surface area contributed by atoms with Crippen LogP contribution in [0.4, 0.5) is 0 Å². The van der Waals surface area contributed by atoms with E-state index in [0.717, 1.165) is 30.7 Å². The van der Waals surface area contributed by atoms with Crippen molar-refractivity contribution < 1.29 is 9.59 Å². The van der Waals surface area contributed by atoms with E-state index in [4.69, 9.17) is 0 Å². The van der Waals surface area contributed by atoms with Gasteiger partial charge in [0, 0.05) is 24.3 Å². The number of hydrazone groups is 2. The van der Waals surface area contributed by atoms with Crippen molar-refractivity contribution in [3.63, 3.8) is 0 Å². The standard InChI is InChI=1S/C17H28N4O2/c1-12(14-8-9-14)18-20-16(22)6-4-3-5-7-17(23)21-19-13(2)15-10-11-15/h14-15H,3-11H2,1-2H3,(H,20,22)(H,21,23)/b18-12+,19-13+. The summed E-state index contributed by atoms with van der Waals surface area (Å²) in [5.41, 5.74) is 7.26. The molecule has 2 amide bonds. The second-order valence-corrected chi connectivity index (χ2v) is 6.69. The van der Waals surface area contributed by atoms with Gasteiger partial charge in [-0.2, -0.15) is 10.2 Å². The molecule has 0 bridgehead atoms. The van der Waals surface area contributed by atoms with Crippen molar-refractivity contribution in [2.45, 2.75) is 71.6 Å². The minimum Gasteiger partial charge on any atom is -0.273 e. The zero-order valence-corrected chi connectivity index (χ0v) is 14.2. The number of hydrogen-bond acceptors (Lipinski definition) is 4. The fourth-order valence-electron chi connectivity index (χ4n) is 2.35. The first kappa shape index (κ1) is 17.6. The van der Waals surface area contributed by atoms with Gasteiger partial charge >= 0.3 is 0 Å². The molecule has 0 aromatic carbocycles. The molecule has 2 fully saturated rings. The molecule has 23 heavy (non-hydrogen) atoms. The number of nitrogens with zero attached hydrogens (tertiary/aromatic N) is 2. The Bertz CT molecular complexity index is 447. The van der Waals surface area contributed by atoms with Gasteiger partial charge in [0.05, 0.1) is 0 Å². The first-order valence-electron chi connectivity index (χ1n) is 8.72. The third-order valence-corrected chi connectivity index (χ3v) is 4.36. The van der Waals surface area contributed by atoms with E-state index in [1.54, 1.807) is 0 Å². The van der Waals surface area contributed by atoms with Gasteiger partial charge in [-0.3, -0.25) is 9.59 Å². The van der Waals surface area contributed by atoms with Crippen LogP contribution >= 0.6 is 0 Å². The van der Waals surface area contributed by atoms with Crippen molar-refractivity contribution in [2.24, 2.45) is 22.0 Å². The second kappa shape index (κ2) is 8.79. The molecule has 0 aliphatic heterocycles. The van der Waals surface area contributed by atoms with Crippen molar-refractivity contribution in [2.75, 3.05) is 0 Å². The summed E-state index contributed by atoms with van der Waals surface area (Å²) in [5.74, 6) is 1.08. The lowest BCUT2D eigenvalue weighted by atomic mass is 10.1. The maximum atomic E-state index is 11.6. The average molecular weight is 320 g/mol. The van der Waals surface area contributed by atoms with Crippen LogP contribution in [0, 0.1) is 11.8 Å². The molecule has 6 nitrogen and oxygen atoms in total. The van der Waals surface area contributed by atoms with Crippen molar-refractivity contribution in [1.29, 1.82) is 0 Å². The molecule has 2 aliphatic rings. The van der Waals surface area contributed by atoms with Gasteiger partial charge in [-0.1, -0.05) is 6.42 Å². The molecule has 6 heteroatoms. The first-order chi connectivity index (χ1) is 11.1. The number of hydrogen-bond donors (Lipinski definition) is 2. The molecule has 0 atom stereocenters. The summed E-state index contributed by atoms with van der Waals surface area (Å²) in [6, 6.07) is 0. The molecule has 0 aromatic heterocycles. The number of unbranched alkanes of at least 4 members (excludes halogenated alkanes) is 2. The van der Waals surface area contributed by atoms with Gasteiger partial charge in [-0.15, -0.1) is 0 Å². The third kappa shape index (κ3) is 7.39. The zero-order valence-electron chi connectivity index (χ0n) is 14.2. The highest BCUT2D eigenvalue weighted by molar-refractivity contribution is 5.88. The summed E-state index contributed by atoms with van der Waals surface area (Å²) in [6.45, 7) is 3.92. The Morgan fingerprint density at radius 1 is 0.783 bits per heavy atom. The quantitative estimate of drug-likeness (QED) is 0.368. The van der Waals surface area contributed by atoms with E-state index < -0.39 is 0 Å². The Labute approximate surface area is 138 Å². The van der Waals surface area contributed by atoms with Crippen LogP contribution in [-0.4, -0.2) is 23.2 Å². The van der Waals surface area contributed by atoms with Crippen molar-refractivity contribution >= 4 is 23.2 Å². The summed E-state index contributed by atoms with van der Waals surface area (Å²) >= 11 is 0. The number of nitrogens with one attached hydrogen (secondary N) is 2. The van der Waals surface area contributed by atoms with Gasteiger partial charge in [-0.25, -0.2) is 10.9 Å². The molecule has 2 rings (SSSR count). The van der Waals surface area contributed by atoms with Crippen LogP contribution in [0.3, 0.4) is 0 Å². The first-order valence-corrected chi connectivity index (χ1v) is 8.72. The molecule has 2 N–H and O–H groups in total. The molecule has 0 heterocycles. The zero-order chi connectivity index (χ0) is 16.7. The minimum atomic E-state index is -0.0425. The van der Waals surface area contributed by atoms with Crippen LogP contribution in [0.5, 0.6) is 0 Å². The van der Waals surface area contributed by atoms with Crippen LogP contribution in [0.1, 0.15) is 71.6 Å². The largest absolute Gasteiger partial charge is 0.273 e. The Morgan fingerprint density at radius 3 is 1.52 bits per heavy atom. The molecular weight excluding hydrogens is 292 g/mol. The Kier molecular flexibility index (Phi) is 6.74. The van der Waals surface area contributed by atoms with Gasteiger partial charge in [0.2, 0.25) is 11.8 Å². The van der Waals surface area contributed by atoms with Gasteiger partial charge in [0.25, 0.3) is 0 Å². The molecular formula is C17H28N4O2. The normalized spacial score (nSPS) is 18.7. The maximum Gasteiger partial charge on any atom is 0.240 e. The number of carbonyl (C=O) groups is 2. The van der Waals surface area contributed by atoms with Crippen LogP contribution in [0.15, 0.2) is 10.2 Å². The average Bonchev–Trinajstić information content (AvgIpc) is 3.41. The van der Waals surface area contributed by atoms with E-state index in [1.807, 2.05) is 13.8 Å². The van der Waals surface area contributed by atoms with E-state index in [0.29, 0.717) is 24.7 Å². The number of carbonyl (C=O) groups excluding carboxylic acids is 2. The van der Waals surface area contributed by atoms with Crippen LogP contribution in [-0.2, 0) is 9.59 Å². The van der Waals surface area contributed by atoms with Crippen molar-refractivity contribution in [3.05, 3.63) is 0 Å². The number of amides is 2. The third-order valence-electron chi connectivity index (χ3n) is 4.36. The molecule has 0 spiro atoms. The maximum absolute atomic E-state index is 11.6. The monoisotopic (exact) mass is 320 g/mol. The lowest BCUT2D eigenvalue weighted by molar-refractivity contribution is -0.121. The van der Waals surface area contributed by atoms with E-state index in [-0.39, 0.29) is 11.8 Å². The van der Waals surface area contributed by atoms with Gasteiger partial charge in [0.1, 0.15) is 0 Å². The smallest absolute Gasteiger partial charge is 0.240 e. The fourth-order valence-corrected chi connectivity index (χ4v) is 2.35. The molecule has 0 saturated heterocycles. The van der Waals surface area contributed by atoms with Crippen LogP contribution in [0.25, 0.3) is 0 Å². The van der Waals surface area contributed by atoms with E-state index >= 15 is 0 Å². The van der Waals surface area contributed by atoms with E-state index in [1.165, 1.54) is 25.7 Å². The van der Waals surface area contributed by atoms with Crippen molar-refractivity contribution in [1.82, 2.24) is 10.9 Å². The minimum absolute atomic E-state index is 0.0425. The number of rotatable bonds is 10. The molecule has 0 aromatic rings. The second-order valence-electron chi connectivity index (χ2n) is 6.69. The highest BCUT2D eigenvalue weighted by atomic mass is 16.2. The highest BCUT2D eigenvalue weighted by Gasteiger charge is 2.25. The van der Waals surface area contributed by atoms with E-state index in [9.17, 15) is 9.59 Å². The fraction of sp³-hybridized carbons (Fsp3) is 0.765. The topological polar surface area (TPSA) is 82.9 Å². The predicted octanol–water partition coefficient (Wildman–Crippen LogP) is 2.74. The molecule has 128 valence electrons. The summed E-state index contributed by atoms with van der Waals surface area (Å²) in [7, 11) is 0. The Hall–Kier alpha value is -1.72. The van der Waals surface area contributed by atoms with Gasteiger partial charge < -0.3 is 0 Å². The predicted molar refractivity (Wildman–Crippen MR) is 91.0 cm³/mol. The molecule has 2 aliphatic carbocycles.